The zero-order valence-electron chi connectivity index (χ0n) is 14.4. The van der Waals surface area contributed by atoms with Gasteiger partial charge < -0.3 is 9.64 Å². The van der Waals surface area contributed by atoms with E-state index in [1.54, 1.807) is 0 Å². The number of hydrogen-bond acceptors (Lipinski definition) is 4. The highest BCUT2D eigenvalue weighted by atomic mass is 35.5. The Morgan fingerprint density at radius 1 is 1.38 bits per heavy atom. The standard InChI is InChI=1S/C19H23ClN2O2/c1-19(2,18(23)24-3)13-5-4-10-22(12-13)17-8-9-21-16-11-14(20)6-7-15(16)17/h6-9,11,13H,4-5,10,12H2,1-3H3. The van der Waals surface area contributed by atoms with Crippen LogP contribution in [0, 0.1) is 11.3 Å². The summed E-state index contributed by atoms with van der Waals surface area (Å²) in [5.41, 5.74) is 1.57. The fourth-order valence-electron chi connectivity index (χ4n) is 3.60. The lowest BCUT2D eigenvalue weighted by Gasteiger charge is -2.41. The van der Waals surface area contributed by atoms with E-state index in [0.29, 0.717) is 5.02 Å². The highest BCUT2D eigenvalue weighted by molar-refractivity contribution is 6.31. The van der Waals surface area contributed by atoms with Crippen LogP contribution < -0.4 is 4.90 Å². The third-order valence-electron chi connectivity index (χ3n) is 5.18. The SMILES string of the molecule is COC(=O)C(C)(C)C1CCCN(c2ccnc3cc(Cl)ccc23)C1. The van der Waals surface area contributed by atoms with Gasteiger partial charge in [0.15, 0.2) is 0 Å². The number of carbonyl (C=O) groups is 1. The lowest BCUT2D eigenvalue weighted by Crippen LogP contribution is -2.45. The minimum Gasteiger partial charge on any atom is -0.469 e. The molecule has 0 saturated carbocycles. The molecule has 4 nitrogen and oxygen atoms in total. The van der Waals surface area contributed by atoms with Crippen molar-refractivity contribution in [2.45, 2.75) is 26.7 Å². The average molecular weight is 347 g/mol. The summed E-state index contributed by atoms with van der Waals surface area (Å²) in [6.07, 6.45) is 3.92. The molecule has 0 spiro atoms. The molecule has 5 heteroatoms. The van der Waals surface area contributed by atoms with Crippen LogP contribution in [0.3, 0.4) is 0 Å². The highest BCUT2D eigenvalue weighted by Gasteiger charge is 2.40. The largest absolute Gasteiger partial charge is 0.469 e. The quantitative estimate of drug-likeness (QED) is 0.777. The number of piperidine rings is 1. The molecule has 24 heavy (non-hydrogen) atoms. The van der Waals surface area contributed by atoms with Gasteiger partial charge in [0, 0.05) is 35.4 Å². The number of rotatable bonds is 3. The molecule has 1 atom stereocenters. The summed E-state index contributed by atoms with van der Waals surface area (Å²) in [5.74, 6) is 0.120. The van der Waals surface area contributed by atoms with E-state index in [2.05, 4.69) is 9.88 Å². The fraction of sp³-hybridized carbons (Fsp3) is 0.474. The minimum atomic E-state index is -0.487. The zero-order chi connectivity index (χ0) is 17.3. The van der Waals surface area contributed by atoms with Crippen LogP contribution in [0.25, 0.3) is 10.9 Å². The lowest BCUT2D eigenvalue weighted by atomic mass is 9.74. The van der Waals surface area contributed by atoms with Crippen LogP contribution >= 0.6 is 11.6 Å². The first-order chi connectivity index (χ1) is 11.4. The topological polar surface area (TPSA) is 42.4 Å². The predicted molar refractivity (Wildman–Crippen MR) is 97.5 cm³/mol. The first kappa shape index (κ1) is 17.0. The number of esters is 1. The molecule has 0 N–H and O–H groups in total. The lowest BCUT2D eigenvalue weighted by molar-refractivity contribution is -0.154. The summed E-state index contributed by atoms with van der Waals surface area (Å²) in [6.45, 7) is 5.79. The number of nitrogens with zero attached hydrogens (tertiary/aromatic N) is 2. The number of anilines is 1. The number of halogens is 1. The van der Waals surface area contributed by atoms with E-state index in [9.17, 15) is 4.79 Å². The van der Waals surface area contributed by atoms with Gasteiger partial charge in [0.2, 0.25) is 0 Å². The van der Waals surface area contributed by atoms with Crippen LogP contribution in [0.4, 0.5) is 5.69 Å². The number of carbonyl (C=O) groups excluding carboxylic acids is 1. The van der Waals surface area contributed by atoms with Crippen molar-refractivity contribution in [1.82, 2.24) is 4.98 Å². The van der Waals surface area contributed by atoms with Gasteiger partial charge >= 0.3 is 5.97 Å². The van der Waals surface area contributed by atoms with Crippen LogP contribution in [-0.2, 0) is 9.53 Å². The number of aromatic nitrogens is 1. The molecular weight excluding hydrogens is 324 g/mol. The number of pyridine rings is 1. The smallest absolute Gasteiger partial charge is 0.311 e. The second-order valence-corrected chi connectivity index (χ2v) is 7.43. The van der Waals surface area contributed by atoms with E-state index in [1.165, 1.54) is 7.11 Å². The van der Waals surface area contributed by atoms with Crippen molar-refractivity contribution in [1.29, 1.82) is 0 Å². The maximum Gasteiger partial charge on any atom is 0.311 e. The van der Waals surface area contributed by atoms with E-state index in [1.807, 2.05) is 44.3 Å². The number of fused-ring (bicyclic) bond motifs is 1. The molecule has 0 aliphatic carbocycles. The predicted octanol–water partition coefficient (Wildman–Crippen LogP) is 4.30. The van der Waals surface area contributed by atoms with E-state index in [-0.39, 0.29) is 11.9 Å². The Morgan fingerprint density at radius 3 is 2.92 bits per heavy atom. The molecule has 1 aliphatic rings. The van der Waals surface area contributed by atoms with Crippen molar-refractivity contribution in [3.8, 4) is 0 Å². The number of hydrogen-bond donors (Lipinski definition) is 0. The van der Waals surface area contributed by atoms with Gasteiger partial charge in [0.25, 0.3) is 0 Å². The Kier molecular flexibility index (Phi) is 4.68. The van der Waals surface area contributed by atoms with Crippen molar-refractivity contribution < 1.29 is 9.53 Å². The van der Waals surface area contributed by atoms with Crippen molar-refractivity contribution >= 4 is 34.2 Å². The molecule has 2 aromatic rings. The Labute approximate surface area is 147 Å². The van der Waals surface area contributed by atoms with E-state index in [0.717, 1.165) is 42.5 Å². The van der Waals surface area contributed by atoms with Gasteiger partial charge in [-0.25, -0.2) is 0 Å². The van der Waals surface area contributed by atoms with Gasteiger partial charge in [-0.05, 0) is 56.9 Å². The average Bonchev–Trinajstić information content (AvgIpc) is 2.60. The number of benzene rings is 1. The van der Waals surface area contributed by atoms with Crippen molar-refractivity contribution in [2.75, 3.05) is 25.1 Å². The third-order valence-corrected chi connectivity index (χ3v) is 5.41. The maximum absolute atomic E-state index is 12.2. The second kappa shape index (κ2) is 6.60. The van der Waals surface area contributed by atoms with Crippen LogP contribution in [0.1, 0.15) is 26.7 Å². The van der Waals surface area contributed by atoms with Gasteiger partial charge in [0.05, 0.1) is 18.0 Å². The van der Waals surface area contributed by atoms with E-state index >= 15 is 0 Å². The molecule has 0 radical (unpaired) electrons. The molecule has 1 saturated heterocycles. The molecule has 1 aromatic carbocycles. The van der Waals surface area contributed by atoms with E-state index < -0.39 is 5.41 Å². The van der Waals surface area contributed by atoms with Gasteiger partial charge in [-0.2, -0.15) is 0 Å². The van der Waals surface area contributed by atoms with Gasteiger partial charge in [-0.3, -0.25) is 9.78 Å². The molecule has 128 valence electrons. The molecule has 2 heterocycles. The Bertz CT molecular complexity index is 760. The van der Waals surface area contributed by atoms with Crippen molar-refractivity contribution in [3.63, 3.8) is 0 Å². The number of ether oxygens (including phenoxy) is 1. The van der Waals surface area contributed by atoms with Gasteiger partial charge in [0.1, 0.15) is 0 Å². The van der Waals surface area contributed by atoms with Crippen LogP contribution in [0.15, 0.2) is 30.5 Å². The van der Waals surface area contributed by atoms with Crippen molar-refractivity contribution in [2.24, 2.45) is 11.3 Å². The van der Waals surface area contributed by atoms with Gasteiger partial charge in [-0.1, -0.05) is 11.6 Å². The summed E-state index contributed by atoms with van der Waals surface area (Å²) in [7, 11) is 1.46. The second-order valence-electron chi connectivity index (χ2n) is 6.99. The molecule has 3 rings (SSSR count). The van der Waals surface area contributed by atoms with Crippen LogP contribution in [0.2, 0.25) is 5.02 Å². The normalized spacial score (nSPS) is 18.7. The first-order valence-corrected chi connectivity index (χ1v) is 8.69. The van der Waals surface area contributed by atoms with Crippen molar-refractivity contribution in [3.05, 3.63) is 35.5 Å². The van der Waals surface area contributed by atoms with Crippen LogP contribution in [0.5, 0.6) is 0 Å². The summed E-state index contributed by atoms with van der Waals surface area (Å²) < 4.78 is 5.01. The summed E-state index contributed by atoms with van der Waals surface area (Å²) in [6, 6.07) is 7.86. The summed E-state index contributed by atoms with van der Waals surface area (Å²) in [4.78, 5) is 18.9. The first-order valence-electron chi connectivity index (χ1n) is 8.31. The monoisotopic (exact) mass is 346 g/mol. The summed E-state index contributed by atoms with van der Waals surface area (Å²) >= 11 is 6.09. The highest BCUT2D eigenvalue weighted by Crippen LogP contribution is 2.38. The Morgan fingerprint density at radius 2 is 2.17 bits per heavy atom. The molecule has 0 bridgehead atoms. The minimum absolute atomic E-state index is 0.138. The molecular formula is C19H23ClN2O2. The molecule has 1 aliphatic heterocycles. The molecule has 1 unspecified atom stereocenters. The molecule has 1 aromatic heterocycles. The third kappa shape index (κ3) is 3.07. The maximum atomic E-state index is 12.2. The number of methoxy groups -OCH3 is 1. The Hall–Kier alpha value is -1.81. The Balaban J connectivity index is 1.92. The fourth-order valence-corrected chi connectivity index (χ4v) is 3.76. The van der Waals surface area contributed by atoms with Gasteiger partial charge in [-0.15, -0.1) is 0 Å². The van der Waals surface area contributed by atoms with E-state index in [4.69, 9.17) is 16.3 Å². The molecule has 0 amide bonds. The zero-order valence-corrected chi connectivity index (χ0v) is 15.1. The summed E-state index contributed by atoms with van der Waals surface area (Å²) in [5, 5.41) is 1.79. The van der Waals surface area contributed by atoms with Crippen LogP contribution in [-0.4, -0.2) is 31.2 Å². The molecule has 1 fully saturated rings.